The van der Waals surface area contributed by atoms with Crippen molar-refractivity contribution in [3.63, 3.8) is 0 Å². The fraction of sp³-hybridized carbons (Fsp3) is 0.348. The van der Waals surface area contributed by atoms with E-state index in [0.29, 0.717) is 0 Å². The Labute approximate surface area is 180 Å². The third-order valence-corrected chi connectivity index (χ3v) is 7.62. The van der Waals surface area contributed by atoms with Crippen LogP contribution in [0.2, 0.25) is 0 Å². The van der Waals surface area contributed by atoms with Gasteiger partial charge in [-0.05, 0) is 74.5 Å². The molecule has 0 saturated carbocycles. The van der Waals surface area contributed by atoms with E-state index in [4.69, 9.17) is 4.74 Å². The van der Waals surface area contributed by atoms with E-state index in [1.807, 2.05) is 29.6 Å². The lowest BCUT2D eigenvalue weighted by Gasteiger charge is -2.29. The summed E-state index contributed by atoms with van der Waals surface area (Å²) < 4.78 is 5.36. The Kier molecular flexibility index (Phi) is 6.04. The standard InChI is InChI=1S/C23H26N2O2S2/c1-15-16(2)29-23(24-22(26)19-7-6-14-28-19)20(15)21(25-12-4-5-13-25)17-8-10-18(27-3)11-9-17/h6-11,14,21H,4-5,12-13H2,1-3H3,(H,24,26)/t21-/m0/s1. The lowest BCUT2D eigenvalue weighted by Crippen LogP contribution is -2.27. The van der Waals surface area contributed by atoms with Gasteiger partial charge in [0.1, 0.15) is 10.8 Å². The summed E-state index contributed by atoms with van der Waals surface area (Å²) in [6.45, 7) is 6.46. The van der Waals surface area contributed by atoms with Gasteiger partial charge in [0.15, 0.2) is 0 Å². The van der Waals surface area contributed by atoms with Crippen LogP contribution in [-0.2, 0) is 0 Å². The van der Waals surface area contributed by atoms with Crippen molar-refractivity contribution in [2.24, 2.45) is 0 Å². The highest BCUT2D eigenvalue weighted by Gasteiger charge is 2.31. The van der Waals surface area contributed by atoms with Crippen LogP contribution in [0.5, 0.6) is 5.75 Å². The van der Waals surface area contributed by atoms with Gasteiger partial charge in [-0.2, -0.15) is 0 Å². The summed E-state index contributed by atoms with van der Waals surface area (Å²) in [6.07, 6.45) is 2.43. The third kappa shape index (κ3) is 4.10. The van der Waals surface area contributed by atoms with E-state index in [1.54, 1.807) is 18.4 Å². The number of carbonyl (C=O) groups is 1. The maximum absolute atomic E-state index is 12.8. The number of benzene rings is 1. The molecule has 152 valence electrons. The molecule has 0 aliphatic carbocycles. The number of aryl methyl sites for hydroxylation is 1. The summed E-state index contributed by atoms with van der Waals surface area (Å²) in [5.41, 5.74) is 3.73. The molecule has 1 atom stereocenters. The smallest absolute Gasteiger partial charge is 0.266 e. The minimum atomic E-state index is -0.0302. The van der Waals surface area contributed by atoms with Gasteiger partial charge in [-0.1, -0.05) is 18.2 Å². The number of rotatable bonds is 6. The summed E-state index contributed by atoms with van der Waals surface area (Å²) in [5.74, 6) is 0.829. The van der Waals surface area contributed by atoms with Crippen molar-refractivity contribution in [3.8, 4) is 5.75 Å². The van der Waals surface area contributed by atoms with Crippen LogP contribution in [-0.4, -0.2) is 31.0 Å². The molecule has 1 aliphatic heterocycles. The summed E-state index contributed by atoms with van der Waals surface area (Å²) in [4.78, 5) is 17.3. The Balaban J connectivity index is 1.76. The molecule has 0 bridgehead atoms. The Morgan fingerprint density at radius 2 is 1.86 bits per heavy atom. The van der Waals surface area contributed by atoms with E-state index in [0.717, 1.165) is 28.7 Å². The maximum atomic E-state index is 12.8. The Hall–Kier alpha value is -2.15. The number of hydrogen-bond acceptors (Lipinski definition) is 5. The third-order valence-electron chi connectivity index (χ3n) is 5.61. The highest BCUT2D eigenvalue weighted by Crippen LogP contribution is 2.43. The van der Waals surface area contributed by atoms with Crippen LogP contribution in [0, 0.1) is 13.8 Å². The van der Waals surface area contributed by atoms with E-state index in [9.17, 15) is 4.79 Å². The minimum absolute atomic E-state index is 0.0302. The zero-order valence-electron chi connectivity index (χ0n) is 17.0. The molecule has 2 aromatic heterocycles. The highest BCUT2D eigenvalue weighted by atomic mass is 32.1. The normalized spacial score (nSPS) is 15.4. The number of nitrogens with zero attached hydrogens (tertiary/aromatic N) is 1. The SMILES string of the molecule is COc1ccc([C@@H](c2c(NC(=O)c3cccs3)sc(C)c2C)N2CCCC2)cc1. The van der Waals surface area contributed by atoms with Gasteiger partial charge in [-0.15, -0.1) is 22.7 Å². The van der Waals surface area contributed by atoms with Crippen LogP contribution < -0.4 is 10.1 Å². The van der Waals surface area contributed by atoms with Crippen molar-refractivity contribution in [3.05, 3.63) is 68.2 Å². The number of likely N-dealkylation sites (tertiary alicyclic amines) is 1. The van der Waals surface area contributed by atoms with E-state index in [1.165, 1.54) is 45.7 Å². The number of anilines is 1. The molecule has 1 N–H and O–H groups in total. The Morgan fingerprint density at radius 3 is 2.48 bits per heavy atom. The van der Waals surface area contributed by atoms with E-state index < -0.39 is 0 Å². The maximum Gasteiger partial charge on any atom is 0.266 e. The van der Waals surface area contributed by atoms with Crippen LogP contribution >= 0.6 is 22.7 Å². The topological polar surface area (TPSA) is 41.6 Å². The lowest BCUT2D eigenvalue weighted by molar-refractivity contribution is 0.103. The molecule has 4 rings (SSSR count). The first-order valence-electron chi connectivity index (χ1n) is 9.91. The number of nitrogens with one attached hydrogen (secondary N) is 1. The molecule has 3 aromatic rings. The highest BCUT2D eigenvalue weighted by molar-refractivity contribution is 7.17. The summed E-state index contributed by atoms with van der Waals surface area (Å²) in [6, 6.07) is 12.3. The number of amides is 1. The lowest BCUT2D eigenvalue weighted by atomic mass is 9.95. The van der Waals surface area contributed by atoms with Crippen LogP contribution in [0.15, 0.2) is 41.8 Å². The van der Waals surface area contributed by atoms with Crippen molar-refractivity contribution >= 4 is 33.6 Å². The largest absolute Gasteiger partial charge is 0.497 e. The van der Waals surface area contributed by atoms with Gasteiger partial charge in [0, 0.05) is 10.4 Å². The van der Waals surface area contributed by atoms with Crippen molar-refractivity contribution in [1.82, 2.24) is 4.90 Å². The van der Waals surface area contributed by atoms with Crippen molar-refractivity contribution in [2.75, 3.05) is 25.5 Å². The fourth-order valence-corrected chi connectivity index (χ4v) is 5.69. The molecule has 29 heavy (non-hydrogen) atoms. The number of hydrogen-bond donors (Lipinski definition) is 1. The molecule has 6 heteroatoms. The zero-order chi connectivity index (χ0) is 20.4. The predicted octanol–water partition coefficient (Wildman–Crippen LogP) is 5.87. The second-order valence-electron chi connectivity index (χ2n) is 7.38. The van der Waals surface area contributed by atoms with Gasteiger partial charge in [-0.25, -0.2) is 0 Å². The van der Waals surface area contributed by atoms with Gasteiger partial charge in [0.25, 0.3) is 5.91 Å². The quantitative estimate of drug-likeness (QED) is 0.536. The molecule has 1 saturated heterocycles. The summed E-state index contributed by atoms with van der Waals surface area (Å²) in [5, 5.41) is 6.11. The Morgan fingerprint density at radius 1 is 1.14 bits per heavy atom. The molecule has 0 spiro atoms. The van der Waals surface area contributed by atoms with Crippen LogP contribution in [0.25, 0.3) is 0 Å². The fourth-order valence-electron chi connectivity index (χ4n) is 3.99. The first kappa shape index (κ1) is 20.1. The van der Waals surface area contributed by atoms with Crippen LogP contribution in [0.1, 0.15) is 50.1 Å². The molecule has 0 radical (unpaired) electrons. The average Bonchev–Trinajstić information content (AvgIpc) is 3.49. The molecule has 3 heterocycles. The monoisotopic (exact) mass is 426 g/mol. The summed E-state index contributed by atoms with van der Waals surface area (Å²) in [7, 11) is 1.69. The zero-order valence-corrected chi connectivity index (χ0v) is 18.7. The molecule has 1 aromatic carbocycles. The van der Waals surface area contributed by atoms with E-state index in [2.05, 4.69) is 36.2 Å². The van der Waals surface area contributed by atoms with Crippen LogP contribution in [0.4, 0.5) is 5.00 Å². The Bertz CT molecular complexity index is 971. The van der Waals surface area contributed by atoms with Gasteiger partial charge in [0.2, 0.25) is 0 Å². The van der Waals surface area contributed by atoms with E-state index in [-0.39, 0.29) is 11.9 Å². The molecular formula is C23H26N2O2S2. The predicted molar refractivity (Wildman–Crippen MR) is 122 cm³/mol. The van der Waals surface area contributed by atoms with Gasteiger partial charge >= 0.3 is 0 Å². The molecule has 1 amide bonds. The minimum Gasteiger partial charge on any atom is -0.497 e. The molecule has 1 fully saturated rings. The number of ether oxygens (including phenoxy) is 1. The van der Waals surface area contributed by atoms with Gasteiger partial charge in [-0.3, -0.25) is 9.69 Å². The van der Waals surface area contributed by atoms with Crippen molar-refractivity contribution < 1.29 is 9.53 Å². The number of methoxy groups -OCH3 is 1. The molecule has 0 unspecified atom stereocenters. The first-order chi connectivity index (χ1) is 14.1. The first-order valence-corrected chi connectivity index (χ1v) is 11.6. The van der Waals surface area contributed by atoms with Crippen LogP contribution in [0.3, 0.4) is 0 Å². The van der Waals surface area contributed by atoms with Gasteiger partial charge < -0.3 is 10.1 Å². The molecule has 4 nitrogen and oxygen atoms in total. The molecule has 1 aliphatic rings. The second-order valence-corrected chi connectivity index (χ2v) is 9.55. The summed E-state index contributed by atoms with van der Waals surface area (Å²) >= 11 is 3.15. The van der Waals surface area contributed by atoms with Crippen molar-refractivity contribution in [2.45, 2.75) is 32.7 Å². The number of thiophene rings is 2. The number of carbonyl (C=O) groups excluding carboxylic acids is 1. The second kappa shape index (κ2) is 8.69. The van der Waals surface area contributed by atoms with Crippen molar-refractivity contribution in [1.29, 1.82) is 0 Å². The van der Waals surface area contributed by atoms with Gasteiger partial charge in [0.05, 0.1) is 18.0 Å². The van der Waals surface area contributed by atoms with E-state index >= 15 is 0 Å². The molecular weight excluding hydrogens is 400 g/mol. The average molecular weight is 427 g/mol.